The first-order valence-electron chi connectivity index (χ1n) is 6.56. The van der Waals surface area contributed by atoms with Crippen LogP contribution in [0.25, 0.3) is 0 Å². The zero-order valence-electron chi connectivity index (χ0n) is 10.9. The maximum absolute atomic E-state index is 11.7. The summed E-state index contributed by atoms with van der Waals surface area (Å²) in [7, 11) is 0. The van der Waals surface area contributed by atoms with Crippen LogP contribution in [0.1, 0.15) is 18.4 Å². The van der Waals surface area contributed by atoms with E-state index in [4.69, 9.17) is 14.6 Å². The van der Waals surface area contributed by atoms with Gasteiger partial charge in [0.15, 0.2) is 11.5 Å². The Morgan fingerprint density at radius 3 is 2.95 bits per heavy atom. The molecule has 2 heterocycles. The molecule has 0 radical (unpaired) electrons. The molecule has 2 aliphatic heterocycles. The van der Waals surface area contributed by atoms with Crippen molar-refractivity contribution in [2.45, 2.75) is 25.3 Å². The fourth-order valence-corrected chi connectivity index (χ4v) is 2.62. The Hall–Kier alpha value is -2.24. The average molecular weight is 277 g/mol. The number of ether oxygens (including phenoxy) is 2. The van der Waals surface area contributed by atoms with Crippen LogP contribution < -0.4 is 9.47 Å². The smallest absolute Gasteiger partial charge is 0.326 e. The highest BCUT2D eigenvalue weighted by atomic mass is 16.7. The molecule has 1 aromatic rings. The number of amides is 1. The van der Waals surface area contributed by atoms with Crippen molar-refractivity contribution in [3.8, 4) is 11.5 Å². The van der Waals surface area contributed by atoms with Gasteiger partial charge in [0.25, 0.3) is 0 Å². The number of carboxylic acid groups (broad SMARTS) is 1. The Morgan fingerprint density at radius 2 is 2.15 bits per heavy atom. The van der Waals surface area contributed by atoms with Gasteiger partial charge in [-0.1, -0.05) is 6.07 Å². The van der Waals surface area contributed by atoms with E-state index in [1.807, 2.05) is 18.2 Å². The van der Waals surface area contributed by atoms with Crippen LogP contribution in [0.4, 0.5) is 0 Å². The lowest BCUT2D eigenvalue weighted by Crippen LogP contribution is -2.39. The molecule has 1 aromatic carbocycles. The van der Waals surface area contributed by atoms with Crippen molar-refractivity contribution in [2.24, 2.45) is 0 Å². The van der Waals surface area contributed by atoms with Gasteiger partial charge in [-0.15, -0.1) is 0 Å². The summed E-state index contributed by atoms with van der Waals surface area (Å²) >= 11 is 0. The minimum Gasteiger partial charge on any atom is -0.480 e. The largest absolute Gasteiger partial charge is 0.480 e. The highest BCUT2D eigenvalue weighted by molar-refractivity contribution is 5.87. The Bertz CT molecular complexity index is 556. The predicted octanol–water partition coefficient (Wildman–Crippen LogP) is 1.03. The van der Waals surface area contributed by atoms with Gasteiger partial charge in [0.1, 0.15) is 6.04 Å². The summed E-state index contributed by atoms with van der Waals surface area (Å²) < 4.78 is 10.5. The number of benzene rings is 1. The third kappa shape index (κ3) is 2.29. The predicted molar refractivity (Wildman–Crippen MR) is 68.6 cm³/mol. The number of carboxylic acids is 1. The highest BCUT2D eigenvalue weighted by Gasteiger charge is 2.35. The fraction of sp³-hybridized carbons (Fsp3) is 0.429. The van der Waals surface area contributed by atoms with Crippen molar-refractivity contribution in [3.63, 3.8) is 0 Å². The molecule has 1 saturated heterocycles. The van der Waals surface area contributed by atoms with Crippen molar-refractivity contribution in [3.05, 3.63) is 23.8 Å². The van der Waals surface area contributed by atoms with Crippen molar-refractivity contribution in [1.82, 2.24) is 4.90 Å². The minimum absolute atomic E-state index is 0.0851. The monoisotopic (exact) mass is 277 g/mol. The lowest BCUT2D eigenvalue weighted by atomic mass is 10.1. The van der Waals surface area contributed by atoms with Crippen LogP contribution in [0, 0.1) is 0 Å². The molecule has 0 unspecified atom stereocenters. The van der Waals surface area contributed by atoms with E-state index in [0.717, 1.165) is 11.3 Å². The molecule has 0 aromatic heterocycles. The number of aliphatic carboxylic acids is 1. The van der Waals surface area contributed by atoms with E-state index >= 15 is 0 Å². The van der Waals surface area contributed by atoms with Crippen LogP contribution in [0.3, 0.4) is 0 Å². The van der Waals surface area contributed by atoms with Gasteiger partial charge in [0, 0.05) is 13.0 Å². The standard InChI is InChI=1S/C14H15NO5/c16-13-4-2-10(14(17)18)15(13)6-5-9-1-3-11-12(7-9)20-8-19-11/h1,3,7,10H,2,4-6,8H2,(H,17,18)/t10-/m0/s1. The van der Waals surface area contributed by atoms with E-state index in [0.29, 0.717) is 31.6 Å². The first-order valence-corrected chi connectivity index (χ1v) is 6.56. The quantitative estimate of drug-likeness (QED) is 0.889. The summed E-state index contributed by atoms with van der Waals surface area (Å²) in [4.78, 5) is 24.3. The van der Waals surface area contributed by atoms with E-state index < -0.39 is 12.0 Å². The van der Waals surface area contributed by atoms with Crippen molar-refractivity contribution < 1.29 is 24.2 Å². The van der Waals surface area contributed by atoms with Gasteiger partial charge >= 0.3 is 5.97 Å². The number of carbonyl (C=O) groups excluding carboxylic acids is 1. The number of nitrogens with zero attached hydrogens (tertiary/aromatic N) is 1. The lowest BCUT2D eigenvalue weighted by molar-refractivity contribution is -0.146. The molecule has 6 heteroatoms. The maximum atomic E-state index is 11.7. The summed E-state index contributed by atoms with van der Waals surface area (Å²) in [6.45, 7) is 0.639. The number of likely N-dealkylation sites (tertiary alicyclic amines) is 1. The molecule has 0 spiro atoms. The van der Waals surface area contributed by atoms with Crippen LogP contribution in [0.15, 0.2) is 18.2 Å². The Kier molecular flexibility index (Phi) is 3.22. The summed E-state index contributed by atoms with van der Waals surface area (Å²) in [5.41, 5.74) is 0.998. The van der Waals surface area contributed by atoms with Crippen LogP contribution >= 0.6 is 0 Å². The molecule has 1 atom stereocenters. The molecular weight excluding hydrogens is 262 g/mol. The Morgan fingerprint density at radius 1 is 1.35 bits per heavy atom. The SMILES string of the molecule is O=C(O)[C@@H]1CCC(=O)N1CCc1ccc2c(c1)OCO2. The number of hydrogen-bond acceptors (Lipinski definition) is 4. The zero-order valence-corrected chi connectivity index (χ0v) is 10.9. The van der Waals surface area contributed by atoms with Crippen LogP contribution in [0.2, 0.25) is 0 Å². The van der Waals surface area contributed by atoms with Crippen LogP contribution in [-0.2, 0) is 16.0 Å². The number of fused-ring (bicyclic) bond motifs is 1. The third-order valence-electron chi connectivity index (χ3n) is 3.69. The van der Waals surface area contributed by atoms with E-state index in [1.165, 1.54) is 4.90 Å². The van der Waals surface area contributed by atoms with E-state index in [-0.39, 0.29) is 12.7 Å². The summed E-state index contributed by atoms with van der Waals surface area (Å²) in [5, 5.41) is 9.10. The van der Waals surface area contributed by atoms with Gasteiger partial charge in [-0.2, -0.15) is 0 Å². The molecule has 2 aliphatic rings. The molecule has 106 valence electrons. The van der Waals surface area contributed by atoms with Crippen molar-refractivity contribution in [1.29, 1.82) is 0 Å². The summed E-state index contributed by atoms with van der Waals surface area (Å²) in [6, 6.07) is 4.93. The molecule has 3 rings (SSSR count). The normalized spacial score (nSPS) is 20.5. The number of carbonyl (C=O) groups is 2. The number of hydrogen-bond donors (Lipinski definition) is 1. The molecular formula is C14H15NO5. The Balaban J connectivity index is 1.66. The second-order valence-corrected chi connectivity index (χ2v) is 4.92. The molecule has 1 N–H and O–H groups in total. The molecule has 1 fully saturated rings. The van der Waals surface area contributed by atoms with Crippen molar-refractivity contribution in [2.75, 3.05) is 13.3 Å². The molecule has 0 saturated carbocycles. The second kappa shape index (κ2) is 5.03. The molecule has 6 nitrogen and oxygen atoms in total. The Labute approximate surface area is 115 Å². The van der Waals surface area contributed by atoms with Gasteiger partial charge in [0.05, 0.1) is 0 Å². The van der Waals surface area contributed by atoms with Crippen molar-refractivity contribution >= 4 is 11.9 Å². The van der Waals surface area contributed by atoms with Gasteiger partial charge in [-0.3, -0.25) is 4.79 Å². The van der Waals surface area contributed by atoms with Gasteiger partial charge in [0.2, 0.25) is 12.7 Å². The highest BCUT2D eigenvalue weighted by Crippen LogP contribution is 2.32. The summed E-state index contributed by atoms with van der Waals surface area (Å²) in [6.07, 6.45) is 1.32. The van der Waals surface area contributed by atoms with E-state index in [9.17, 15) is 9.59 Å². The van der Waals surface area contributed by atoms with Gasteiger partial charge < -0.3 is 19.5 Å². The minimum atomic E-state index is -0.929. The van der Waals surface area contributed by atoms with Gasteiger partial charge in [-0.25, -0.2) is 4.79 Å². The molecule has 1 amide bonds. The first kappa shape index (κ1) is 12.8. The van der Waals surface area contributed by atoms with E-state index in [2.05, 4.69) is 0 Å². The van der Waals surface area contributed by atoms with E-state index in [1.54, 1.807) is 0 Å². The second-order valence-electron chi connectivity index (χ2n) is 4.92. The topological polar surface area (TPSA) is 76.1 Å². The lowest BCUT2D eigenvalue weighted by Gasteiger charge is -2.21. The molecule has 20 heavy (non-hydrogen) atoms. The molecule has 0 aliphatic carbocycles. The number of rotatable bonds is 4. The fourth-order valence-electron chi connectivity index (χ4n) is 2.62. The molecule has 0 bridgehead atoms. The summed E-state index contributed by atoms with van der Waals surface area (Å²) in [5.74, 6) is 0.402. The van der Waals surface area contributed by atoms with Crippen LogP contribution in [-0.4, -0.2) is 41.3 Å². The first-order chi connectivity index (χ1) is 9.65. The van der Waals surface area contributed by atoms with Crippen LogP contribution in [0.5, 0.6) is 11.5 Å². The zero-order chi connectivity index (χ0) is 14.1. The van der Waals surface area contributed by atoms with Gasteiger partial charge in [-0.05, 0) is 30.5 Å². The maximum Gasteiger partial charge on any atom is 0.326 e. The average Bonchev–Trinajstić information content (AvgIpc) is 3.02. The third-order valence-corrected chi connectivity index (χ3v) is 3.69.